The molecule has 1 aromatic carbocycles. The van der Waals surface area contributed by atoms with Gasteiger partial charge in [0.2, 0.25) is 0 Å². The van der Waals surface area contributed by atoms with E-state index in [2.05, 4.69) is 22.9 Å². The average Bonchev–Trinajstić information content (AvgIpc) is 2.75. The monoisotopic (exact) mass is 295 g/mol. The molecule has 2 rings (SSSR count). The van der Waals surface area contributed by atoms with Crippen molar-refractivity contribution >= 4 is 23.6 Å². The van der Waals surface area contributed by atoms with Gasteiger partial charge in [0.25, 0.3) is 0 Å². The van der Waals surface area contributed by atoms with Crippen LogP contribution >= 0.6 is 23.6 Å². The lowest BCUT2D eigenvalue weighted by molar-refractivity contribution is 0.354. The largest absolute Gasteiger partial charge is 0.493 e. The van der Waals surface area contributed by atoms with Gasteiger partial charge in [0.05, 0.1) is 14.2 Å². The topological polar surface area (TPSA) is 23.4 Å². The summed E-state index contributed by atoms with van der Waals surface area (Å²) in [4.78, 5) is 0. The summed E-state index contributed by atoms with van der Waals surface area (Å²) >= 11 is 6.93. The Kier molecular flexibility index (Phi) is 4.61. The minimum Gasteiger partial charge on any atom is -0.493 e. The Balaban J connectivity index is 2.14. The number of nitrogens with zero attached hydrogens (tertiary/aromatic N) is 1. The Bertz CT molecular complexity index is 616. The van der Waals surface area contributed by atoms with Crippen LogP contribution in [0.5, 0.6) is 11.5 Å². The van der Waals surface area contributed by atoms with Crippen LogP contribution in [0.15, 0.2) is 23.6 Å². The van der Waals surface area contributed by atoms with Gasteiger partial charge in [0, 0.05) is 17.6 Å². The number of aromatic nitrogens is 1. The first-order valence-electron chi connectivity index (χ1n) is 6.01. The van der Waals surface area contributed by atoms with Gasteiger partial charge in [-0.1, -0.05) is 6.07 Å². The summed E-state index contributed by atoms with van der Waals surface area (Å²) < 4.78 is 13.6. The first-order valence-corrected chi connectivity index (χ1v) is 7.30. The van der Waals surface area contributed by atoms with Gasteiger partial charge in [-0.25, -0.2) is 0 Å². The molecule has 0 radical (unpaired) electrons. The van der Waals surface area contributed by atoms with Gasteiger partial charge >= 0.3 is 0 Å². The molecule has 0 spiro atoms. The fourth-order valence-electron chi connectivity index (χ4n) is 1.95. The number of rotatable bonds is 5. The van der Waals surface area contributed by atoms with Gasteiger partial charge < -0.3 is 14.0 Å². The van der Waals surface area contributed by atoms with Crippen molar-refractivity contribution in [2.45, 2.75) is 19.9 Å². The molecule has 2 aromatic rings. The molecule has 0 aliphatic rings. The van der Waals surface area contributed by atoms with Crippen molar-refractivity contribution in [2.24, 2.45) is 0 Å². The first kappa shape index (κ1) is 14.1. The molecular weight excluding hydrogens is 278 g/mol. The number of methoxy groups -OCH3 is 2. The highest BCUT2D eigenvalue weighted by Gasteiger charge is 2.05. The highest BCUT2D eigenvalue weighted by atomic mass is 32.1. The van der Waals surface area contributed by atoms with Gasteiger partial charge in [-0.3, -0.25) is 0 Å². The standard InChI is InChI=1S/C14H17NO2S2/c1-10-9-19-14(18)15(10)7-6-11-4-5-12(16-2)13(8-11)17-3/h4-5,8-9H,6-7H2,1-3H3. The first-order chi connectivity index (χ1) is 9.15. The summed E-state index contributed by atoms with van der Waals surface area (Å²) in [5.41, 5.74) is 2.43. The Morgan fingerprint density at radius 1 is 1.21 bits per heavy atom. The van der Waals surface area contributed by atoms with Crippen LogP contribution in [0.3, 0.4) is 0 Å². The average molecular weight is 295 g/mol. The second-order valence-electron chi connectivity index (χ2n) is 4.23. The molecule has 0 fully saturated rings. The smallest absolute Gasteiger partial charge is 0.161 e. The molecule has 3 nitrogen and oxygen atoms in total. The fourth-order valence-corrected chi connectivity index (χ4v) is 3.09. The van der Waals surface area contributed by atoms with Crippen LogP contribution in [0.2, 0.25) is 0 Å². The van der Waals surface area contributed by atoms with Crippen molar-refractivity contribution in [1.82, 2.24) is 4.57 Å². The van der Waals surface area contributed by atoms with Gasteiger partial charge in [-0.2, -0.15) is 0 Å². The molecule has 19 heavy (non-hydrogen) atoms. The van der Waals surface area contributed by atoms with E-state index in [1.165, 1.54) is 11.3 Å². The molecule has 0 unspecified atom stereocenters. The Labute approximate surface area is 122 Å². The second kappa shape index (κ2) is 6.21. The second-order valence-corrected chi connectivity index (χ2v) is 5.74. The van der Waals surface area contributed by atoms with Gasteiger partial charge in [-0.15, -0.1) is 11.3 Å². The zero-order chi connectivity index (χ0) is 13.8. The molecule has 0 saturated heterocycles. The van der Waals surface area contributed by atoms with E-state index in [1.807, 2.05) is 12.1 Å². The molecule has 0 amide bonds. The van der Waals surface area contributed by atoms with Crippen LogP contribution in [0.25, 0.3) is 0 Å². The predicted molar refractivity (Wildman–Crippen MR) is 81.1 cm³/mol. The van der Waals surface area contributed by atoms with Crippen LogP contribution in [0.1, 0.15) is 11.3 Å². The van der Waals surface area contributed by atoms with E-state index in [0.29, 0.717) is 0 Å². The van der Waals surface area contributed by atoms with Crippen molar-refractivity contribution < 1.29 is 9.47 Å². The lowest BCUT2D eigenvalue weighted by atomic mass is 10.1. The summed E-state index contributed by atoms with van der Waals surface area (Å²) in [7, 11) is 3.30. The minimum atomic E-state index is 0.759. The van der Waals surface area contributed by atoms with Crippen molar-refractivity contribution in [2.75, 3.05) is 14.2 Å². The van der Waals surface area contributed by atoms with Crippen LogP contribution in [0, 0.1) is 10.9 Å². The van der Waals surface area contributed by atoms with Crippen molar-refractivity contribution in [3.8, 4) is 11.5 Å². The zero-order valence-electron chi connectivity index (χ0n) is 11.3. The number of benzene rings is 1. The van der Waals surface area contributed by atoms with Crippen LogP contribution in [0.4, 0.5) is 0 Å². The van der Waals surface area contributed by atoms with Gasteiger partial charge in [0.15, 0.2) is 15.5 Å². The quantitative estimate of drug-likeness (QED) is 0.783. The van der Waals surface area contributed by atoms with Crippen molar-refractivity contribution in [1.29, 1.82) is 0 Å². The summed E-state index contributed by atoms with van der Waals surface area (Å²) in [5.74, 6) is 1.53. The predicted octanol–water partition coefficient (Wildman–Crippen LogP) is 3.85. The van der Waals surface area contributed by atoms with Crippen molar-refractivity contribution in [3.63, 3.8) is 0 Å². The van der Waals surface area contributed by atoms with Crippen LogP contribution < -0.4 is 9.47 Å². The van der Waals surface area contributed by atoms with Crippen LogP contribution in [-0.2, 0) is 13.0 Å². The van der Waals surface area contributed by atoms with E-state index in [-0.39, 0.29) is 0 Å². The van der Waals surface area contributed by atoms with E-state index < -0.39 is 0 Å². The summed E-state index contributed by atoms with van der Waals surface area (Å²) in [6.07, 6.45) is 0.923. The molecule has 0 atom stereocenters. The molecule has 102 valence electrons. The lowest BCUT2D eigenvalue weighted by Gasteiger charge is -2.10. The molecule has 1 heterocycles. The molecule has 0 bridgehead atoms. The van der Waals surface area contributed by atoms with E-state index in [9.17, 15) is 0 Å². The van der Waals surface area contributed by atoms with Crippen LogP contribution in [-0.4, -0.2) is 18.8 Å². The highest BCUT2D eigenvalue weighted by molar-refractivity contribution is 7.73. The maximum absolute atomic E-state index is 5.31. The third-order valence-electron chi connectivity index (χ3n) is 3.05. The highest BCUT2D eigenvalue weighted by Crippen LogP contribution is 2.27. The zero-order valence-corrected chi connectivity index (χ0v) is 12.9. The Morgan fingerprint density at radius 2 is 1.95 bits per heavy atom. The molecule has 0 N–H and O–H groups in total. The maximum Gasteiger partial charge on any atom is 0.161 e. The van der Waals surface area contributed by atoms with Gasteiger partial charge in [0.1, 0.15) is 0 Å². The normalized spacial score (nSPS) is 10.5. The molecule has 0 aliphatic carbocycles. The van der Waals surface area contributed by atoms with Gasteiger partial charge in [-0.05, 0) is 43.3 Å². The number of aryl methyl sites for hydroxylation is 2. The summed E-state index contributed by atoms with van der Waals surface area (Å²) in [6, 6.07) is 6.02. The molecular formula is C14H17NO2S2. The molecule has 1 aromatic heterocycles. The lowest BCUT2D eigenvalue weighted by Crippen LogP contribution is -2.03. The molecule has 0 saturated carbocycles. The number of hydrogen-bond acceptors (Lipinski definition) is 4. The SMILES string of the molecule is COc1ccc(CCn2c(C)csc2=S)cc1OC. The van der Waals surface area contributed by atoms with E-state index in [0.717, 1.165) is 28.4 Å². The third-order valence-corrected chi connectivity index (χ3v) is 4.44. The fraction of sp³-hybridized carbons (Fsp3) is 0.357. The summed E-state index contributed by atoms with van der Waals surface area (Å²) in [5, 5.41) is 2.09. The van der Waals surface area contributed by atoms with E-state index in [1.54, 1.807) is 25.6 Å². The Hall–Kier alpha value is -1.33. The van der Waals surface area contributed by atoms with Crippen molar-refractivity contribution in [3.05, 3.63) is 38.8 Å². The Morgan fingerprint density at radius 3 is 2.53 bits per heavy atom. The third kappa shape index (κ3) is 3.16. The number of ether oxygens (including phenoxy) is 2. The molecule has 0 aliphatic heterocycles. The minimum absolute atomic E-state index is 0.759. The maximum atomic E-state index is 5.31. The van der Waals surface area contributed by atoms with E-state index >= 15 is 0 Å². The number of hydrogen-bond donors (Lipinski definition) is 0. The van der Waals surface area contributed by atoms with E-state index in [4.69, 9.17) is 21.7 Å². The summed E-state index contributed by atoms with van der Waals surface area (Å²) in [6.45, 7) is 2.98. The number of thiazole rings is 1. The molecule has 5 heteroatoms.